The smallest absolute Gasteiger partial charge is 0.251 e. The number of imidazole rings is 1. The van der Waals surface area contributed by atoms with Crippen molar-refractivity contribution in [3.8, 4) is 0 Å². The standard InChI is InChI=1S/C26H32N4O.C2H6/c1-18(2)28-12-10-22(11-13-28)24-7-6-21(5)30(17-24)26(31)14-19(3)23-8-9-25-27-20(4)15-29(25)16-23;1-2/h6-10,14-18,21H,11-13H2,1-5H3;1-2H3/b19-14+;. The maximum Gasteiger partial charge on any atom is 0.251 e. The molecule has 4 heterocycles. The highest BCUT2D eigenvalue weighted by molar-refractivity contribution is 5.96. The van der Waals surface area contributed by atoms with Crippen molar-refractivity contribution in [2.45, 2.75) is 67.0 Å². The second kappa shape index (κ2) is 10.8. The summed E-state index contributed by atoms with van der Waals surface area (Å²) in [5.41, 5.74) is 6.34. The molecule has 1 amide bonds. The lowest BCUT2D eigenvalue weighted by Gasteiger charge is -2.32. The van der Waals surface area contributed by atoms with Gasteiger partial charge in [-0.2, -0.15) is 0 Å². The minimum absolute atomic E-state index is 0.00831. The molecule has 0 aromatic carbocycles. The molecule has 0 radical (unpaired) electrons. The molecule has 5 nitrogen and oxygen atoms in total. The number of aromatic nitrogens is 2. The number of amides is 1. The maximum atomic E-state index is 13.2. The minimum Gasteiger partial charge on any atom is -0.308 e. The molecule has 0 bridgehead atoms. The Kier molecular flexibility index (Phi) is 8.09. The first kappa shape index (κ1) is 24.7. The van der Waals surface area contributed by atoms with E-state index in [0.29, 0.717) is 6.04 Å². The van der Waals surface area contributed by atoms with E-state index >= 15 is 0 Å². The number of fused-ring (bicyclic) bond motifs is 1. The van der Waals surface area contributed by atoms with Gasteiger partial charge in [0.25, 0.3) is 5.91 Å². The second-order valence-corrected chi connectivity index (χ2v) is 8.89. The average molecular weight is 447 g/mol. The number of hydrogen-bond donors (Lipinski definition) is 0. The van der Waals surface area contributed by atoms with Gasteiger partial charge in [-0.15, -0.1) is 0 Å². The predicted octanol–water partition coefficient (Wildman–Crippen LogP) is 5.78. The summed E-state index contributed by atoms with van der Waals surface area (Å²) < 4.78 is 2.01. The molecule has 1 atom stereocenters. The van der Waals surface area contributed by atoms with Crippen LogP contribution < -0.4 is 0 Å². The van der Waals surface area contributed by atoms with E-state index in [1.165, 1.54) is 5.57 Å². The Bertz CT molecular complexity index is 1120. The third-order valence-corrected chi connectivity index (χ3v) is 6.23. The van der Waals surface area contributed by atoms with Gasteiger partial charge in [0.2, 0.25) is 0 Å². The Labute approximate surface area is 198 Å². The third kappa shape index (κ3) is 5.72. The lowest BCUT2D eigenvalue weighted by Crippen LogP contribution is -2.36. The number of allylic oxidation sites excluding steroid dienone is 3. The van der Waals surface area contributed by atoms with Gasteiger partial charge in [-0.25, -0.2) is 4.98 Å². The van der Waals surface area contributed by atoms with Gasteiger partial charge in [0.05, 0.1) is 11.7 Å². The highest BCUT2D eigenvalue weighted by Crippen LogP contribution is 2.26. The van der Waals surface area contributed by atoms with Crippen molar-refractivity contribution in [2.75, 3.05) is 13.1 Å². The minimum atomic E-state index is 0.00831. The summed E-state index contributed by atoms with van der Waals surface area (Å²) in [5, 5.41) is 0. The highest BCUT2D eigenvalue weighted by atomic mass is 16.2. The quantitative estimate of drug-likeness (QED) is 0.559. The van der Waals surface area contributed by atoms with Crippen LogP contribution in [0.2, 0.25) is 0 Å². The molecule has 0 saturated carbocycles. The number of carbonyl (C=O) groups is 1. The fourth-order valence-electron chi connectivity index (χ4n) is 4.21. The van der Waals surface area contributed by atoms with Crippen LogP contribution in [0.3, 0.4) is 0 Å². The lowest BCUT2D eigenvalue weighted by atomic mass is 9.96. The van der Waals surface area contributed by atoms with E-state index in [1.54, 1.807) is 6.08 Å². The first-order chi connectivity index (χ1) is 15.8. The number of aryl methyl sites for hydroxylation is 1. The van der Waals surface area contributed by atoms with Crippen molar-refractivity contribution in [2.24, 2.45) is 0 Å². The summed E-state index contributed by atoms with van der Waals surface area (Å²) in [6.07, 6.45) is 15.4. The summed E-state index contributed by atoms with van der Waals surface area (Å²) >= 11 is 0. The van der Waals surface area contributed by atoms with E-state index in [9.17, 15) is 4.79 Å². The highest BCUT2D eigenvalue weighted by Gasteiger charge is 2.22. The Morgan fingerprint density at radius 1 is 1.21 bits per heavy atom. The van der Waals surface area contributed by atoms with E-state index in [2.05, 4.69) is 48.9 Å². The Morgan fingerprint density at radius 2 is 1.97 bits per heavy atom. The largest absolute Gasteiger partial charge is 0.308 e. The molecule has 1 unspecified atom stereocenters. The number of carbonyl (C=O) groups excluding carboxylic acids is 1. The van der Waals surface area contributed by atoms with Gasteiger partial charge in [-0.3, -0.25) is 9.69 Å². The summed E-state index contributed by atoms with van der Waals surface area (Å²) in [7, 11) is 0. The summed E-state index contributed by atoms with van der Waals surface area (Å²) in [6, 6.07) is 4.61. The molecule has 0 aliphatic carbocycles. The van der Waals surface area contributed by atoms with Gasteiger partial charge in [-0.05, 0) is 75.5 Å². The van der Waals surface area contributed by atoms with Crippen molar-refractivity contribution in [3.63, 3.8) is 0 Å². The summed E-state index contributed by atoms with van der Waals surface area (Å²) in [4.78, 5) is 21.9. The maximum absolute atomic E-state index is 13.2. The van der Waals surface area contributed by atoms with Crippen LogP contribution in [0.5, 0.6) is 0 Å². The number of pyridine rings is 1. The van der Waals surface area contributed by atoms with E-state index < -0.39 is 0 Å². The van der Waals surface area contributed by atoms with Crippen molar-refractivity contribution in [1.29, 1.82) is 0 Å². The van der Waals surface area contributed by atoms with Crippen LogP contribution in [-0.2, 0) is 4.79 Å². The van der Waals surface area contributed by atoms with Gasteiger partial charge in [0.15, 0.2) is 0 Å². The number of nitrogens with zero attached hydrogens (tertiary/aromatic N) is 4. The topological polar surface area (TPSA) is 40.9 Å². The molecule has 4 rings (SSSR count). The first-order valence-electron chi connectivity index (χ1n) is 12.1. The number of rotatable bonds is 4. The van der Waals surface area contributed by atoms with E-state index in [0.717, 1.165) is 47.6 Å². The molecule has 0 spiro atoms. The normalized spacial score (nSPS) is 19.3. The monoisotopic (exact) mass is 446 g/mol. The molecule has 2 aromatic rings. The third-order valence-electron chi connectivity index (χ3n) is 6.23. The fraction of sp³-hybridized carbons (Fsp3) is 0.429. The van der Waals surface area contributed by atoms with Crippen LogP contribution in [0.1, 0.15) is 59.2 Å². The van der Waals surface area contributed by atoms with Gasteiger partial charge < -0.3 is 9.30 Å². The Balaban J connectivity index is 0.00000149. The SMILES string of the molecule is C/C(=C\C(=O)N1C=C(C2=CCN(C(C)C)CC2)C=CC1C)c1ccc2nc(C)cn2c1.CC. The van der Waals surface area contributed by atoms with E-state index in [1.807, 2.05) is 67.7 Å². The van der Waals surface area contributed by atoms with Crippen LogP contribution in [0.4, 0.5) is 0 Å². The molecule has 0 saturated heterocycles. The summed E-state index contributed by atoms with van der Waals surface area (Å²) in [5.74, 6) is 0.00831. The van der Waals surface area contributed by atoms with Crippen molar-refractivity contribution >= 4 is 17.1 Å². The molecule has 5 heteroatoms. The molecule has 2 aliphatic heterocycles. The molecular formula is C28H38N4O. The van der Waals surface area contributed by atoms with Gasteiger partial charge in [0, 0.05) is 43.8 Å². The molecule has 2 aromatic heterocycles. The first-order valence-corrected chi connectivity index (χ1v) is 12.1. The van der Waals surface area contributed by atoms with Crippen LogP contribution in [0.25, 0.3) is 11.2 Å². The molecular weight excluding hydrogens is 408 g/mol. The Morgan fingerprint density at radius 3 is 2.64 bits per heavy atom. The molecule has 0 N–H and O–H groups in total. The van der Waals surface area contributed by atoms with Crippen LogP contribution in [-0.4, -0.2) is 50.3 Å². The average Bonchev–Trinajstić information content (AvgIpc) is 3.19. The molecule has 2 aliphatic rings. The van der Waals surface area contributed by atoms with Gasteiger partial charge in [0.1, 0.15) is 5.65 Å². The predicted molar refractivity (Wildman–Crippen MR) is 138 cm³/mol. The fourth-order valence-corrected chi connectivity index (χ4v) is 4.21. The summed E-state index contributed by atoms with van der Waals surface area (Å²) in [6.45, 7) is 16.5. The van der Waals surface area contributed by atoms with Crippen molar-refractivity contribution in [3.05, 3.63) is 77.4 Å². The molecule has 176 valence electrons. The molecule has 33 heavy (non-hydrogen) atoms. The van der Waals surface area contributed by atoms with Crippen molar-refractivity contribution in [1.82, 2.24) is 19.2 Å². The van der Waals surface area contributed by atoms with Gasteiger partial charge >= 0.3 is 0 Å². The van der Waals surface area contributed by atoms with Crippen LogP contribution in [0, 0.1) is 6.92 Å². The zero-order valence-electron chi connectivity index (χ0n) is 21.2. The van der Waals surface area contributed by atoms with Crippen LogP contribution >= 0.6 is 0 Å². The second-order valence-electron chi connectivity index (χ2n) is 8.89. The van der Waals surface area contributed by atoms with E-state index in [-0.39, 0.29) is 11.9 Å². The van der Waals surface area contributed by atoms with Gasteiger partial charge in [-0.1, -0.05) is 32.1 Å². The molecule has 0 fully saturated rings. The lowest BCUT2D eigenvalue weighted by molar-refractivity contribution is -0.124. The van der Waals surface area contributed by atoms with Crippen molar-refractivity contribution < 1.29 is 4.79 Å². The zero-order valence-corrected chi connectivity index (χ0v) is 21.2. The zero-order chi connectivity index (χ0) is 24.1. The Hall–Kier alpha value is -2.92. The van der Waals surface area contributed by atoms with E-state index in [4.69, 9.17) is 0 Å². The van der Waals surface area contributed by atoms with Crippen LogP contribution in [0.15, 0.2) is 66.2 Å². The number of hydrogen-bond acceptors (Lipinski definition) is 3.